The van der Waals surface area contributed by atoms with Crippen LogP contribution in [0, 0.1) is 17.8 Å². The molecule has 1 N–H and O–H groups in total. The van der Waals surface area contributed by atoms with Crippen molar-refractivity contribution in [2.45, 2.75) is 57.5 Å². The average molecular weight is 303 g/mol. The molecule has 2 atom stereocenters. The molecule has 1 saturated heterocycles. The van der Waals surface area contributed by atoms with Crippen molar-refractivity contribution in [2.24, 2.45) is 5.92 Å². The van der Waals surface area contributed by atoms with Gasteiger partial charge in [0.05, 0.1) is 6.61 Å². The largest absolute Gasteiger partial charge is 0.395 e. The number of thiophene rings is 1. The lowest BCUT2D eigenvalue weighted by molar-refractivity contribution is 0.0554. The summed E-state index contributed by atoms with van der Waals surface area (Å²) in [6.07, 6.45) is 9.05. The highest BCUT2D eigenvalue weighted by atomic mass is 32.1. The monoisotopic (exact) mass is 303 g/mol. The van der Waals surface area contributed by atoms with Gasteiger partial charge in [0.15, 0.2) is 0 Å². The van der Waals surface area contributed by atoms with Gasteiger partial charge in [-0.05, 0) is 49.6 Å². The van der Waals surface area contributed by atoms with Gasteiger partial charge in [-0.1, -0.05) is 24.7 Å². The van der Waals surface area contributed by atoms with Crippen LogP contribution in [0.2, 0.25) is 0 Å². The Morgan fingerprint density at radius 2 is 2.10 bits per heavy atom. The van der Waals surface area contributed by atoms with E-state index in [1.165, 1.54) is 55.5 Å². The van der Waals surface area contributed by atoms with Gasteiger partial charge in [0.2, 0.25) is 0 Å². The maximum absolute atomic E-state index is 8.85. The summed E-state index contributed by atoms with van der Waals surface area (Å²) >= 11 is 1.83. The van der Waals surface area contributed by atoms with E-state index in [1.807, 2.05) is 11.3 Å². The summed E-state index contributed by atoms with van der Waals surface area (Å²) in [6, 6.07) is 2.94. The van der Waals surface area contributed by atoms with Crippen LogP contribution in [0.1, 0.15) is 55.4 Å². The minimum absolute atomic E-state index is 0.155. The molecule has 0 spiro atoms. The second-order valence-corrected chi connectivity index (χ2v) is 7.26. The second-order valence-electron chi connectivity index (χ2n) is 6.26. The maximum atomic E-state index is 8.85. The minimum Gasteiger partial charge on any atom is -0.395 e. The highest BCUT2D eigenvalue weighted by Gasteiger charge is 2.33. The molecule has 1 aliphatic carbocycles. The van der Waals surface area contributed by atoms with E-state index in [-0.39, 0.29) is 6.61 Å². The molecule has 2 unspecified atom stereocenters. The summed E-state index contributed by atoms with van der Waals surface area (Å²) in [5.41, 5.74) is 1.17. The van der Waals surface area contributed by atoms with Crippen molar-refractivity contribution in [3.63, 3.8) is 0 Å². The molecule has 3 rings (SSSR count). The third kappa shape index (κ3) is 3.69. The number of nitrogens with zero attached hydrogens (tertiary/aromatic N) is 1. The van der Waals surface area contributed by atoms with Crippen LogP contribution in [0.4, 0.5) is 0 Å². The SMILES string of the molecule is OCCC#Cc1ccsc1CN1CCCC2CCCCC21. The summed E-state index contributed by atoms with van der Waals surface area (Å²) in [6.45, 7) is 2.48. The third-order valence-electron chi connectivity index (χ3n) is 4.91. The number of aliphatic hydroxyl groups excluding tert-OH is 1. The standard InChI is InChI=1S/C18H25NOS/c20-12-4-3-7-16-10-13-21-18(16)14-19-11-5-8-15-6-1-2-9-17(15)19/h10,13,15,17,20H,1-2,4-6,8-9,11-12,14H2. The van der Waals surface area contributed by atoms with Crippen molar-refractivity contribution in [3.05, 3.63) is 21.9 Å². The Balaban J connectivity index is 1.68. The Morgan fingerprint density at radius 1 is 1.24 bits per heavy atom. The van der Waals surface area contributed by atoms with Crippen molar-refractivity contribution >= 4 is 11.3 Å². The van der Waals surface area contributed by atoms with E-state index in [9.17, 15) is 0 Å². The molecule has 2 heterocycles. The molecule has 0 radical (unpaired) electrons. The van der Waals surface area contributed by atoms with Gasteiger partial charge in [-0.2, -0.15) is 0 Å². The molecule has 0 amide bonds. The molecule has 2 fully saturated rings. The lowest BCUT2D eigenvalue weighted by Gasteiger charge is -2.44. The van der Waals surface area contributed by atoms with Crippen LogP contribution in [-0.2, 0) is 6.54 Å². The first-order valence-corrected chi connectivity index (χ1v) is 9.16. The fraction of sp³-hybridized carbons (Fsp3) is 0.667. The molecule has 0 bridgehead atoms. The van der Waals surface area contributed by atoms with Crippen LogP contribution in [0.15, 0.2) is 11.4 Å². The quantitative estimate of drug-likeness (QED) is 0.862. The Morgan fingerprint density at radius 3 is 3.00 bits per heavy atom. The summed E-state index contributed by atoms with van der Waals surface area (Å²) in [5.74, 6) is 7.23. The molecule has 1 aromatic rings. The van der Waals surface area contributed by atoms with Gasteiger partial charge in [-0.15, -0.1) is 11.3 Å². The van der Waals surface area contributed by atoms with Gasteiger partial charge in [-0.25, -0.2) is 0 Å². The first-order chi connectivity index (χ1) is 10.4. The zero-order chi connectivity index (χ0) is 14.5. The third-order valence-corrected chi connectivity index (χ3v) is 5.82. The molecule has 1 aliphatic heterocycles. The number of likely N-dealkylation sites (tertiary alicyclic amines) is 1. The molecular weight excluding hydrogens is 278 g/mol. The van der Waals surface area contributed by atoms with Gasteiger partial charge in [0, 0.05) is 29.4 Å². The van der Waals surface area contributed by atoms with Crippen LogP contribution in [0.3, 0.4) is 0 Å². The van der Waals surface area contributed by atoms with E-state index in [1.54, 1.807) is 0 Å². The van der Waals surface area contributed by atoms with Gasteiger partial charge >= 0.3 is 0 Å². The Hall–Kier alpha value is -0.820. The van der Waals surface area contributed by atoms with Crippen molar-refractivity contribution in [1.82, 2.24) is 4.90 Å². The summed E-state index contributed by atoms with van der Waals surface area (Å²) in [5, 5.41) is 11.0. The zero-order valence-corrected chi connectivity index (χ0v) is 13.5. The Bertz CT molecular complexity index is 511. The van der Waals surface area contributed by atoms with Crippen LogP contribution < -0.4 is 0 Å². The van der Waals surface area contributed by atoms with E-state index in [4.69, 9.17) is 5.11 Å². The maximum Gasteiger partial charge on any atom is 0.0540 e. The first-order valence-electron chi connectivity index (χ1n) is 8.28. The van der Waals surface area contributed by atoms with Crippen molar-refractivity contribution in [2.75, 3.05) is 13.2 Å². The first kappa shape index (κ1) is 15.1. The molecule has 1 aromatic heterocycles. The van der Waals surface area contributed by atoms with E-state index < -0.39 is 0 Å². The molecule has 2 aliphatic rings. The van der Waals surface area contributed by atoms with Gasteiger partial charge in [0.25, 0.3) is 0 Å². The number of rotatable bonds is 3. The number of fused-ring (bicyclic) bond motifs is 1. The zero-order valence-electron chi connectivity index (χ0n) is 12.7. The number of hydrogen-bond acceptors (Lipinski definition) is 3. The summed E-state index contributed by atoms with van der Waals surface area (Å²) in [4.78, 5) is 4.13. The fourth-order valence-corrected chi connectivity index (χ4v) is 4.75. The summed E-state index contributed by atoms with van der Waals surface area (Å²) < 4.78 is 0. The van der Waals surface area contributed by atoms with Crippen molar-refractivity contribution in [1.29, 1.82) is 0 Å². The number of piperidine rings is 1. The molecule has 0 aromatic carbocycles. The molecule has 114 valence electrons. The normalized spacial score (nSPS) is 26.0. The summed E-state index contributed by atoms with van der Waals surface area (Å²) in [7, 11) is 0. The molecule has 21 heavy (non-hydrogen) atoms. The van der Waals surface area contributed by atoms with E-state index >= 15 is 0 Å². The Kier molecular flexibility index (Phi) is 5.35. The molecular formula is C18H25NOS. The van der Waals surface area contributed by atoms with Gasteiger partial charge < -0.3 is 5.11 Å². The topological polar surface area (TPSA) is 23.5 Å². The molecule has 3 heteroatoms. The predicted octanol–water partition coefficient (Wildman–Crippen LogP) is 3.64. The smallest absolute Gasteiger partial charge is 0.0540 e. The highest BCUT2D eigenvalue weighted by Crippen LogP contribution is 2.36. The fourth-order valence-electron chi connectivity index (χ4n) is 3.90. The van der Waals surface area contributed by atoms with Gasteiger partial charge in [0.1, 0.15) is 0 Å². The second kappa shape index (κ2) is 7.45. The van der Waals surface area contributed by atoms with Gasteiger partial charge in [-0.3, -0.25) is 4.90 Å². The van der Waals surface area contributed by atoms with Crippen LogP contribution in [-0.4, -0.2) is 29.2 Å². The minimum atomic E-state index is 0.155. The molecule has 2 nitrogen and oxygen atoms in total. The average Bonchev–Trinajstić information content (AvgIpc) is 2.95. The number of aliphatic hydroxyl groups is 1. The van der Waals surface area contributed by atoms with Crippen LogP contribution in [0.5, 0.6) is 0 Å². The predicted molar refractivity (Wildman–Crippen MR) is 88.3 cm³/mol. The Labute approximate surface area is 132 Å². The van der Waals surface area contributed by atoms with Crippen molar-refractivity contribution in [3.8, 4) is 11.8 Å². The molecule has 1 saturated carbocycles. The van der Waals surface area contributed by atoms with Crippen LogP contribution in [0.25, 0.3) is 0 Å². The lowest BCUT2D eigenvalue weighted by atomic mass is 9.78. The lowest BCUT2D eigenvalue weighted by Crippen LogP contribution is -2.46. The van der Waals surface area contributed by atoms with E-state index in [0.29, 0.717) is 6.42 Å². The number of hydrogen-bond donors (Lipinski definition) is 1. The highest BCUT2D eigenvalue weighted by molar-refractivity contribution is 7.10. The van der Waals surface area contributed by atoms with E-state index in [0.717, 1.165) is 18.5 Å². The van der Waals surface area contributed by atoms with Crippen molar-refractivity contribution < 1.29 is 5.11 Å². The van der Waals surface area contributed by atoms with E-state index in [2.05, 4.69) is 28.2 Å². The van der Waals surface area contributed by atoms with Crippen LogP contribution >= 0.6 is 11.3 Å².